The minimum Gasteiger partial charge on any atom is -0.497 e. The molecule has 12 heteroatoms. The van der Waals surface area contributed by atoms with Crippen molar-refractivity contribution in [3.63, 3.8) is 0 Å². The van der Waals surface area contributed by atoms with E-state index in [2.05, 4.69) is 15.3 Å². The van der Waals surface area contributed by atoms with Crippen LogP contribution in [0.25, 0.3) is 5.69 Å². The van der Waals surface area contributed by atoms with E-state index in [1.807, 2.05) is 0 Å². The number of amides is 1. The van der Waals surface area contributed by atoms with Crippen LogP contribution in [-0.4, -0.2) is 30.4 Å². The molecule has 0 bridgehead atoms. The number of halogens is 3. The summed E-state index contributed by atoms with van der Waals surface area (Å²) in [5.74, 6) is -0.246. The molecule has 0 aliphatic heterocycles. The number of aromatic nitrogens is 2. The van der Waals surface area contributed by atoms with Crippen molar-refractivity contribution in [1.29, 1.82) is 0 Å². The molecule has 3 rings (SSSR count). The van der Waals surface area contributed by atoms with Crippen molar-refractivity contribution >= 4 is 23.4 Å². The van der Waals surface area contributed by atoms with Crippen LogP contribution in [0.15, 0.2) is 62.9 Å². The number of nitrogens with one attached hydrogen (secondary N) is 2. The van der Waals surface area contributed by atoms with Gasteiger partial charge in [0.25, 0.3) is 0 Å². The Hall–Kier alpha value is -3.41. The van der Waals surface area contributed by atoms with Gasteiger partial charge in [-0.25, -0.2) is 4.79 Å². The summed E-state index contributed by atoms with van der Waals surface area (Å²) in [6.07, 6.45) is -4.95. The predicted molar refractivity (Wildman–Crippen MR) is 105 cm³/mol. The van der Waals surface area contributed by atoms with Crippen molar-refractivity contribution in [2.75, 3.05) is 18.2 Å². The second kappa shape index (κ2) is 9.60. The van der Waals surface area contributed by atoms with Gasteiger partial charge in [-0.1, -0.05) is 12.1 Å². The van der Waals surface area contributed by atoms with Gasteiger partial charge in [0, 0.05) is 24.3 Å². The molecule has 0 saturated carbocycles. The fourth-order valence-electron chi connectivity index (χ4n) is 2.52. The van der Waals surface area contributed by atoms with Crippen molar-refractivity contribution in [2.45, 2.75) is 17.8 Å². The summed E-state index contributed by atoms with van der Waals surface area (Å²) in [5.41, 5.74) is -0.119. The number of thioether (sulfide) groups is 1. The molecule has 1 amide bonds. The Bertz CT molecular complexity index is 1100. The van der Waals surface area contributed by atoms with Crippen LogP contribution >= 0.6 is 11.8 Å². The lowest BCUT2D eigenvalue weighted by Crippen LogP contribution is -2.36. The van der Waals surface area contributed by atoms with Gasteiger partial charge in [-0.2, -0.15) is 0 Å². The Morgan fingerprint density at radius 2 is 1.90 bits per heavy atom. The Kier molecular flexibility index (Phi) is 6.90. The molecular weight excluding hydrogens is 439 g/mol. The summed E-state index contributed by atoms with van der Waals surface area (Å²) in [4.78, 5) is 24.2. The minimum absolute atomic E-state index is 0.0712. The standard InChI is InChI=1S/C19H16F3N3O5S/c1-28-13-8-6-12(7-9-13)25-17(18(27)30-24-25)31-11-10-16(26)23-14-4-2-3-5-15(14)29-19(20,21)22/h2-9H,10-11H2,1H3,(H-,23,24,26,27)/p+1. The van der Waals surface area contributed by atoms with Crippen LogP contribution in [0, 0.1) is 0 Å². The van der Waals surface area contributed by atoms with E-state index in [-0.39, 0.29) is 22.9 Å². The largest absolute Gasteiger partial charge is 0.573 e. The highest BCUT2D eigenvalue weighted by molar-refractivity contribution is 7.99. The molecule has 0 unspecified atom stereocenters. The smallest absolute Gasteiger partial charge is 0.497 e. The third-order valence-electron chi connectivity index (χ3n) is 3.89. The van der Waals surface area contributed by atoms with Crippen LogP contribution in [0.1, 0.15) is 6.42 Å². The van der Waals surface area contributed by atoms with Gasteiger partial charge in [0.05, 0.1) is 12.8 Å². The quantitative estimate of drug-likeness (QED) is 0.399. The van der Waals surface area contributed by atoms with E-state index < -0.39 is 23.6 Å². The van der Waals surface area contributed by atoms with Gasteiger partial charge in [0.1, 0.15) is 5.75 Å². The molecule has 8 nitrogen and oxygen atoms in total. The normalized spacial score (nSPS) is 11.2. The molecule has 0 aliphatic carbocycles. The molecule has 0 radical (unpaired) electrons. The summed E-state index contributed by atoms with van der Waals surface area (Å²) in [7, 11) is 1.53. The zero-order valence-corrected chi connectivity index (χ0v) is 16.9. The molecule has 3 aromatic rings. The lowest BCUT2D eigenvalue weighted by molar-refractivity contribution is -0.704. The van der Waals surface area contributed by atoms with Gasteiger partial charge in [-0.3, -0.25) is 9.32 Å². The second-order valence-electron chi connectivity index (χ2n) is 6.01. The van der Waals surface area contributed by atoms with E-state index in [9.17, 15) is 22.8 Å². The third kappa shape index (κ3) is 6.04. The van der Waals surface area contributed by atoms with Gasteiger partial charge in [-0.15, -0.1) is 13.2 Å². The van der Waals surface area contributed by atoms with Crippen molar-refractivity contribution in [3.8, 4) is 17.2 Å². The van der Waals surface area contributed by atoms with Gasteiger partial charge >= 0.3 is 17.0 Å². The lowest BCUT2D eigenvalue weighted by atomic mass is 10.3. The maximum atomic E-state index is 12.5. The third-order valence-corrected chi connectivity index (χ3v) is 4.92. The molecule has 0 spiro atoms. The monoisotopic (exact) mass is 456 g/mol. The first-order valence-electron chi connectivity index (χ1n) is 8.82. The number of rotatable bonds is 8. The summed E-state index contributed by atoms with van der Waals surface area (Å²) < 4.78 is 52.7. The van der Waals surface area contributed by atoms with Gasteiger partial charge < -0.3 is 14.8 Å². The maximum Gasteiger partial charge on any atom is 0.573 e. The Balaban J connectivity index is 1.62. The minimum atomic E-state index is -4.88. The van der Waals surface area contributed by atoms with Crippen LogP contribution in [-0.2, 0) is 4.79 Å². The number of carbonyl (C=O) groups excluding carboxylic acids is 1. The molecule has 1 aromatic heterocycles. The second-order valence-corrected chi connectivity index (χ2v) is 7.09. The average molecular weight is 456 g/mol. The zero-order valence-electron chi connectivity index (χ0n) is 16.1. The maximum absolute atomic E-state index is 12.5. The highest BCUT2D eigenvalue weighted by Crippen LogP contribution is 2.30. The molecule has 2 N–H and O–H groups in total. The topological polar surface area (TPSA) is 97.4 Å². The highest BCUT2D eigenvalue weighted by Gasteiger charge is 2.32. The number of aromatic amines is 1. The van der Waals surface area contributed by atoms with Crippen molar-refractivity contribution < 1.29 is 36.6 Å². The number of H-pyrrole nitrogens is 1. The average Bonchev–Trinajstić information content (AvgIpc) is 3.09. The first-order chi connectivity index (χ1) is 14.8. The molecule has 2 aromatic carbocycles. The van der Waals surface area contributed by atoms with Crippen LogP contribution in [0.2, 0.25) is 0 Å². The van der Waals surface area contributed by atoms with E-state index in [4.69, 9.17) is 9.26 Å². The summed E-state index contributed by atoms with van der Waals surface area (Å²) in [6.45, 7) is 0. The number of para-hydroxylation sites is 2. The molecule has 31 heavy (non-hydrogen) atoms. The van der Waals surface area contributed by atoms with Gasteiger partial charge in [0.2, 0.25) is 11.6 Å². The van der Waals surface area contributed by atoms with Crippen molar-refractivity contribution in [3.05, 3.63) is 59.0 Å². The number of benzene rings is 2. The van der Waals surface area contributed by atoms with E-state index in [0.717, 1.165) is 17.8 Å². The number of carbonyl (C=O) groups is 1. The first-order valence-corrected chi connectivity index (χ1v) is 9.81. The lowest BCUT2D eigenvalue weighted by Gasteiger charge is -2.13. The molecule has 1 heterocycles. The van der Waals surface area contributed by atoms with Gasteiger partial charge in [0.15, 0.2) is 5.75 Å². The molecule has 0 aliphatic rings. The van der Waals surface area contributed by atoms with Crippen LogP contribution in [0.5, 0.6) is 11.5 Å². The van der Waals surface area contributed by atoms with Crippen LogP contribution < -0.4 is 25.1 Å². The summed E-state index contributed by atoms with van der Waals surface area (Å²) in [6, 6.07) is 12.0. The molecule has 0 saturated heterocycles. The van der Waals surface area contributed by atoms with E-state index in [1.54, 1.807) is 24.3 Å². The zero-order chi connectivity index (χ0) is 22.4. The number of methoxy groups -OCH3 is 1. The van der Waals surface area contributed by atoms with Crippen LogP contribution in [0.4, 0.5) is 18.9 Å². The van der Waals surface area contributed by atoms with Gasteiger partial charge in [-0.05, 0) is 46.0 Å². The van der Waals surface area contributed by atoms with Crippen molar-refractivity contribution in [2.24, 2.45) is 0 Å². The summed E-state index contributed by atoms with van der Waals surface area (Å²) in [5, 5.41) is 5.07. The fraction of sp³-hybridized carbons (Fsp3) is 0.211. The Labute approximate surface area is 177 Å². The molecule has 0 fully saturated rings. The number of nitrogens with zero attached hydrogens (tertiary/aromatic N) is 1. The van der Waals surface area contributed by atoms with Crippen molar-refractivity contribution in [1.82, 2.24) is 5.27 Å². The number of hydrogen-bond donors (Lipinski definition) is 2. The SMILES string of the molecule is COc1ccc(-[n+]2[nH]oc(=O)c2SCCC(=O)Nc2ccccc2OC(F)(F)F)cc1. The molecule has 164 valence electrons. The fourth-order valence-corrected chi connectivity index (χ4v) is 3.44. The Morgan fingerprint density at radius 1 is 1.19 bits per heavy atom. The summed E-state index contributed by atoms with van der Waals surface area (Å²) >= 11 is 1.06. The number of alkyl halides is 3. The number of anilines is 1. The first kappa shape index (κ1) is 22.3. The van der Waals surface area contributed by atoms with E-state index in [1.165, 1.54) is 30.0 Å². The van der Waals surface area contributed by atoms with E-state index in [0.29, 0.717) is 11.4 Å². The van der Waals surface area contributed by atoms with Crippen LogP contribution in [0.3, 0.4) is 0 Å². The van der Waals surface area contributed by atoms with E-state index >= 15 is 0 Å². The molecule has 0 atom stereocenters. The number of ether oxygens (including phenoxy) is 2. The number of hydrogen-bond acceptors (Lipinski definition) is 6. The highest BCUT2D eigenvalue weighted by atomic mass is 32.2. The predicted octanol–water partition coefficient (Wildman–Crippen LogP) is 3.27. The Morgan fingerprint density at radius 3 is 2.58 bits per heavy atom. The molecular formula is C19H17F3N3O5S+.